The Morgan fingerprint density at radius 1 is 0.941 bits per heavy atom. The number of aromatic nitrogens is 1. The van der Waals surface area contributed by atoms with Crippen LogP contribution in [0.25, 0.3) is 11.1 Å². The van der Waals surface area contributed by atoms with E-state index in [1.807, 2.05) is 12.1 Å². The second kappa shape index (κ2) is 4.50. The Morgan fingerprint density at radius 2 is 1.59 bits per heavy atom. The van der Waals surface area contributed by atoms with E-state index in [9.17, 15) is 0 Å². The largest absolute Gasteiger partial charge is 0.245 e. The van der Waals surface area contributed by atoms with Crippen molar-refractivity contribution in [2.75, 3.05) is 0 Å². The van der Waals surface area contributed by atoms with Crippen LogP contribution in [0, 0.1) is 0 Å². The predicted molar refractivity (Wildman–Crippen MR) is 73.4 cm³/mol. The van der Waals surface area contributed by atoms with Crippen LogP contribution in [0.5, 0.6) is 0 Å². The lowest BCUT2D eigenvalue weighted by Crippen LogP contribution is -2.10. The van der Waals surface area contributed by atoms with Crippen molar-refractivity contribution < 1.29 is 0 Å². The standard InChI is InChI=1S/C15H16ClN/c1-15(2,3)13-6-4-11(5-7-13)12-8-9-17-14(16)10-12/h4-10H,1-3H3. The molecule has 0 amide bonds. The Kier molecular flexibility index (Phi) is 3.21. The molecule has 1 heterocycles. The average Bonchev–Trinajstić information content (AvgIpc) is 2.28. The summed E-state index contributed by atoms with van der Waals surface area (Å²) in [5.74, 6) is 0. The van der Waals surface area contributed by atoms with Gasteiger partial charge in [-0.2, -0.15) is 0 Å². The maximum atomic E-state index is 5.89. The molecule has 2 aromatic rings. The Labute approximate surface area is 107 Å². The molecular formula is C15H16ClN. The highest BCUT2D eigenvalue weighted by molar-refractivity contribution is 6.29. The second-order valence-corrected chi connectivity index (χ2v) is 5.58. The summed E-state index contributed by atoms with van der Waals surface area (Å²) >= 11 is 5.89. The highest BCUT2D eigenvalue weighted by atomic mass is 35.5. The van der Waals surface area contributed by atoms with Gasteiger partial charge in [-0.3, -0.25) is 0 Å². The van der Waals surface area contributed by atoms with Crippen molar-refractivity contribution in [3.05, 3.63) is 53.3 Å². The van der Waals surface area contributed by atoms with Crippen molar-refractivity contribution >= 4 is 11.6 Å². The van der Waals surface area contributed by atoms with Gasteiger partial charge in [0.2, 0.25) is 0 Å². The van der Waals surface area contributed by atoms with Gasteiger partial charge in [0.15, 0.2) is 0 Å². The molecule has 0 radical (unpaired) electrons. The minimum absolute atomic E-state index is 0.189. The Hall–Kier alpha value is -1.34. The van der Waals surface area contributed by atoms with Gasteiger partial charge < -0.3 is 0 Å². The quantitative estimate of drug-likeness (QED) is 0.664. The summed E-state index contributed by atoms with van der Waals surface area (Å²) in [4.78, 5) is 3.99. The van der Waals surface area contributed by atoms with E-state index in [-0.39, 0.29) is 5.41 Å². The first kappa shape index (κ1) is 12.1. The van der Waals surface area contributed by atoms with Crippen molar-refractivity contribution in [1.82, 2.24) is 4.98 Å². The van der Waals surface area contributed by atoms with Crippen molar-refractivity contribution in [3.63, 3.8) is 0 Å². The molecule has 1 aromatic heterocycles. The van der Waals surface area contributed by atoms with Crippen molar-refractivity contribution in [2.45, 2.75) is 26.2 Å². The molecule has 0 N–H and O–H groups in total. The molecule has 0 atom stereocenters. The van der Waals surface area contributed by atoms with Crippen LogP contribution in [-0.4, -0.2) is 4.98 Å². The zero-order chi connectivity index (χ0) is 12.5. The third kappa shape index (κ3) is 2.86. The molecule has 0 saturated heterocycles. The number of hydrogen-bond acceptors (Lipinski definition) is 1. The molecule has 2 heteroatoms. The van der Waals surface area contributed by atoms with Crippen LogP contribution in [0.15, 0.2) is 42.6 Å². The molecule has 1 aromatic carbocycles. The van der Waals surface area contributed by atoms with E-state index < -0.39 is 0 Å². The van der Waals surface area contributed by atoms with E-state index in [4.69, 9.17) is 11.6 Å². The first-order valence-corrected chi connectivity index (χ1v) is 6.07. The Bertz CT molecular complexity index is 509. The normalized spacial score (nSPS) is 11.5. The van der Waals surface area contributed by atoms with Crippen LogP contribution >= 0.6 is 11.6 Å². The predicted octanol–water partition coefficient (Wildman–Crippen LogP) is 4.70. The lowest BCUT2D eigenvalue weighted by atomic mass is 9.86. The Morgan fingerprint density at radius 3 is 2.12 bits per heavy atom. The molecule has 0 aliphatic heterocycles. The van der Waals surface area contributed by atoms with Gasteiger partial charge >= 0.3 is 0 Å². The summed E-state index contributed by atoms with van der Waals surface area (Å²) in [5.41, 5.74) is 3.79. The summed E-state index contributed by atoms with van der Waals surface area (Å²) in [6.45, 7) is 6.64. The average molecular weight is 246 g/mol. The first-order valence-electron chi connectivity index (χ1n) is 5.69. The van der Waals surface area contributed by atoms with Crippen LogP contribution in [0.1, 0.15) is 26.3 Å². The van der Waals surface area contributed by atoms with E-state index >= 15 is 0 Å². The van der Waals surface area contributed by atoms with Crippen LogP contribution in [0.4, 0.5) is 0 Å². The number of nitrogens with zero attached hydrogens (tertiary/aromatic N) is 1. The Balaban J connectivity index is 2.36. The zero-order valence-corrected chi connectivity index (χ0v) is 11.1. The number of halogens is 1. The molecule has 88 valence electrons. The number of rotatable bonds is 1. The summed E-state index contributed by atoms with van der Waals surface area (Å²) < 4.78 is 0. The van der Waals surface area contributed by atoms with Gasteiger partial charge in [-0.1, -0.05) is 56.6 Å². The summed E-state index contributed by atoms with van der Waals surface area (Å²) in [5, 5.41) is 0.530. The number of benzene rings is 1. The highest BCUT2D eigenvalue weighted by Crippen LogP contribution is 2.26. The summed E-state index contributed by atoms with van der Waals surface area (Å²) in [6.07, 6.45) is 1.73. The lowest BCUT2D eigenvalue weighted by Gasteiger charge is -2.19. The zero-order valence-electron chi connectivity index (χ0n) is 10.4. The molecule has 0 saturated carbocycles. The third-order valence-corrected chi connectivity index (χ3v) is 3.02. The highest BCUT2D eigenvalue weighted by Gasteiger charge is 2.12. The molecule has 2 rings (SSSR count). The minimum Gasteiger partial charge on any atom is -0.245 e. The molecular weight excluding hydrogens is 230 g/mol. The third-order valence-electron chi connectivity index (χ3n) is 2.81. The molecule has 0 aliphatic carbocycles. The van der Waals surface area contributed by atoms with Gasteiger partial charge in [0, 0.05) is 6.20 Å². The van der Waals surface area contributed by atoms with E-state index in [2.05, 4.69) is 50.0 Å². The molecule has 1 nitrogen and oxygen atoms in total. The molecule has 0 fully saturated rings. The number of pyridine rings is 1. The van der Waals surface area contributed by atoms with E-state index in [1.165, 1.54) is 11.1 Å². The SMILES string of the molecule is CC(C)(C)c1ccc(-c2ccnc(Cl)c2)cc1. The minimum atomic E-state index is 0.189. The fraction of sp³-hybridized carbons (Fsp3) is 0.267. The lowest BCUT2D eigenvalue weighted by molar-refractivity contribution is 0.590. The maximum absolute atomic E-state index is 5.89. The van der Waals surface area contributed by atoms with Gasteiger partial charge in [0.25, 0.3) is 0 Å². The molecule has 0 spiro atoms. The van der Waals surface area contributed by atoms with Gasteiger partial charge in [0.05, 0.1) is 0 Å². The van der Waals surface area contributed by atoms with Crippen molar-refractivity contribution in [2.24, 2.45) is 0 Å². The second-order valence-electron chi connectivity index (χ2n) is 5.19. The van der Waals surface area contributed by atoms with Gasteiger partial charge in [-0.05, 0) is 34.2 Å². The molecule has 0 unspecified atom stereocenters. The van der Waals surface area contributed by atoms with E-state index in [0.717, 1.165) is 5.56 Å². The van der Waals surface area contributed by atoms with Crippen molar-refractivity contribution in [1.29, 1.82) is 0 Å². The van der Waals surface area contributed by atoms with Gasteiger partial charge in [-0.15, -0.1) is 0 Å². The van der Waals surface area contributed by atoms with Crippen LogP contribution in [0.3, 0.4) is 0 Å². The monoisotopic (exact) mass is 245 g/mol. The maximum Gasteiger partial charge on any atom is 0.129 e. The van der Waals surface area contributed by atoms with E-state index in [0.29, 0.717) is 5.15 Å². The molecule has 0 aliphatic rings. The van der Waals surface area contributed by atoms with E-state index in [1.54, 1.807) is 6.20 Å². The fourth-order valence-electron chi connectivity index (χ4n) is 1.74. The van der Waals surface area contributed by atoms with Crippen molar-refractivity contribution in [3.8, 4) is 11.1 Å². The topological polar surface area (TPSA) is 12.9 Å². The molecule has 17 heavy (non-hydrogen) atoms. The summed E-state index contributed by atoms with van der Waals surface area (Å²) in [7, 11) is 0. The smallest absolute Gasteiger partial charge is 0.129 e. The number of hydrogen-bond donors (Lipinski definition) is 0. The van der Waals surface area contributed by atoms with Gasteiger partial charge in [0.1, 0.15) is 5.15 Å². The first-order chi connectivity index (χ1) is 7.97. The van der Waals surface area contributed by atoms with Crippen LogP contribution < -0.4 is 0 Å². The summed E-state index contributed by atoms with van der Waals surface area (Å²) in [6, 6.07) is 12.5. The van der Waals surface area contributed by atoms with Gasteiger partial charge in [-0.25, -0.2) is 4.98 Å². The van der Waals surface area contributed by atoms with Crippen LogP contribution in [0.2, 0.25) is 5.15 Å². The fourth-order valence-corrected chi connectivity index (χ4v) is 1.92. The molecule has 0 bridgehead atoms. The van der Waals surface area contributed by atoms with Crippen LogP contribution in [-0.2, 0) is 5.41 Å².